The summed E-state index contributed by atoms with van der Waals surface area (Å²) < 4.78 is 19.2. The fraction of sp³-hybridized carbons (Fsp3) is 0.538. The summed E-state index contributed by atoms with van der Waals surface area (Å²) >= 11 is 0. The molecule has 0 aliphatic heterocycles. The number of carbonyl (C=O) groups is 2. The molecular weight excluding hydrogens is 252 g/mol. The minimum absolute atomic E-state index is 0.108. The van der Waals surface area contributed by atoms with Gasteiger partial charge in [0.25, 0.3) is 0 Å². The quantitative estimate of drug-likeness (QED) is 0.325. The van der Waals surface area contributed by atoms with E-state index in [0.29, 0.717) is 13.0 Å². The van der Waals surface area contributed by atoms with Gasteiger partial charge in [-0.15, -0.1) is 0 Å². The van der Waals surface area contributed by atoms with Crippen LogP contribution in [0.2, 0.25) is 0 Å². The molecule has 0 spiro atoms. The van der Waals surface area contributed by atoms with Crippen molar-refractivity contribution in [1.29, 1.82) is 0 Å². The van der Waals surface area contributed by atoms with Crippen molar-refractivity contribution in [3.8, 4) is 0 Å². The molecule has 0 atom stereocenters. The van der Waals surface area contributed by atoms with Crippen molar-refractivity contribution in [1.82, 2.24) is 0 Å². The standard InChI is InChI=1S/C13H20O6/c1-3-7-17-12(14)6-5-9-16-10-11-19-13(15)18-8-4-2/h3-4H,1-2,5-11H2. The van der Waals surface area contributed by atoms with Crippen LogP contribution in [0.4, 0.5) is 4.79 Å². The lowest BCUT2D eigenvalue weighted by Gasteiger charge is -2.06. The first-order chi connectivity index (χ1) is 9.20. The first-order valence-electron chi connectivity index (χ1n) is 5.95. The van der Waals surface area contributed by atoms with Crippen LogP contribution in [-0.2, 0) is 23.7 Å². The first-order valence-corrected chi connectivity index (χ1v) is 5.95. The second-order valence-electron chi connectivity index (χ2n) is 3.39. The Bertz CT molecular complexity index is 259. The van der Waals surface area contributed by atoms with Gasteiger partial charge in [-0.1, -0.05) is 25.3 Å². The summed E-state index contributed by atoms with van der Waals surface area (Å²) in [5.41, 5.74) is 0. The van der Waals surface area contributed by atoms with Gasteiger partial charge in [-0.25, -0.2) is 4.79 Å². The third-order valence-electron chi connectivity index (χ3n) is 1.80. The van der Waals surface area contributed by atoms with E-state index in [1.165, 1.54) is 12.2 Å². The predicted octanol–water partition coefficient (Wildman–Crippen LogP) is 1.85. The van der Waals surface area contributed by atoms with Crippen molar-refractivity contribution in [3.05, 3.63) is 25.3 Å². The maximum Gasteiger partial charge on any atom is 0.508 e. The van der Waals surface area contributed by atoms with Crippen molar-refractivity contribution < 1.29 is 28.5 Å². The average molecular weight is 272 g/mol. The molecule has 0 fully saturated rings. The number of rotatable bonds is 11. The third kappa shape index (κ3) is 12.4. The molecule has 0 unspecified atom stereocenters. The zero-order chi connectivity index (χ0) is 14.3. The first kappa shape index (κ1) is 17.2. The molecule has 0 aliphatic rings. The van der Waals surface area contributed by atoms with Gasteiger partial charge in [0.2, 0.25) is 0 Å². The molecule has 108 valence electrons. The largest absolute Gasteiger partial charge is 0.508 e. The van der Waals surface area contributed by atoms with Gasteiger partial charge in [0.15, 0.2) is 0 Å². The molecule has 0 aromatic carbocycles. The van der Waals surface area contributed by atoms with E-state index in [9.17, 15) is 9.59 Å². The summed E-state index contributed by atoms with van der Waals surface area (Å²) in [6.07, 6.45) is 3.05. The second-order valence-corrected chi connectivity index (χ2v) is 3.39. The van der Waals surface area contributed by atoms with E-state index in [1.807, 2.05) is 0 Å². The number of ether oxygens (including phenoxy) is 4. The molecule has 0 aliphatic carbocycles. The highest BCUT2D eigenvalue weighted by molar-refractivity contribution is 5.69. The maximum atomic E-state index is 11.1. The Morgan fingerprint density at radius 2 is 1.58 bits per heavy atom. The van der Waals surface area contributed by atoms with Gasteiger partial charge in [-0.05, 0) is 6.42 Å². The highest BCUT2D eigenvalue weighted by Gasteiger charge is 2.03. The summed E-state index contributed by atoms with van der Waals surface area (Å²) in [7, 11) is 0. The summed E-state index contributed by atoms with van der Waals surface area (Å²) in [5, 5.41) is 0. The van der Waals surface area contributed by atoms with Gasteiger partial charge < -0.3 is 18.9 Å². The average Bonchev–Trinajstić information content (AvgIpc) is 2.41. The van der Waals surface area contributed by atoms with Crippen LogP contribution < -0.4 is 0 Å². The smallest absolute Gasteiger partial charge is 0.461 e. The summed E-state index contributed by atoms with van der Waals surface area (Å²) in [6, 6.07) is 0. The van der Waals surface area contributed by atoms with Gasteiger partial charge in [0.1, 0.15) is 19.8 Å². The van der Waals surface area contributed by atoms with E-state index >= 15 is 0 Å². The Labute approximate surface area is 113 Å². The fourth-order valence-corrected chi connectivity index (χ4v) is 0.997. The van der Waals surface area contributed by atoms with Gasteiger partial charge in [-0.3, -0.25) is 4.79 Å². The monoisotopic (exact) mass is 272 g/mol. The maximum absolute atomic E-state index is 11.1. The van der Waals surface area contributed by atoms with E-state index in [1.54, 1.807) is 0 Å². The fourth-order valence-electron chi connectivity index (χ4n) is 0.997. The normalized spacial score (nSPS) is 9.47. The lowest BCUT2D eigenvalue weighted by atomic mass is 10.3. The zero-order valence-corrected chi connectivity index (χ0v) is 11.0. The highest BCUT2D eigenvalue weighted by Crippen LogP contribution is 1.94. The number of esters is 1. The van der Waals surface area contributed by atoms with Gasteiger partial charge in [0, 0.05) is 13.0 Å². The zero-order valence-electron chi connectivity index (χ0n) is 11.0. The molecule has 6 nitrogen and oxygen atoms in total. The summed E-state index contributed by atoms with van der Waals surface area (Å²) in [6.45, 7) is 7.93. The molecule has 0 amide bonds. The van der Waals surface area contributed by atoms with E-state index < -0.39 is 6.16 Å². The van der Waals surface area contributed by atoms with Gasteiger partial charge in [0.05, 0.1) is 6.61 Å². The summed E-state index contributed by atoms with van der Waals surface area (Å²) in [5.74, 6) is -0.284. The Hall–Kier alpha value is -1.82. The Kier molecular flexibility index (Phi) is 11.4. The molecule has 0 N–H and O–H groups in total. The van der Waals surface area contributed by atoms with Crippen molar-refractivity contribution in [3.63, 3.8) is 0 Å². The van der Waals surface area contributed by atoms with Crippen LogP contribution in [0, 0.1) is 0 Å². The molecule has 0 bridgehead atoms. The van der Waals surface area contributed by atoms with Gasteiger partial charge >= 0.3 is 12.1 Å². The SMILES string of the molecule is C=CCOC(=O)CCCOCCOC(=O)OCC=C. The van der Waals surface area contributed by atoms with E-state index in [0.717, 1.165) is 0 Å². The van der Waals surface area contributed by atoms with Crippen molar-refractivity contribution in [2.45, 2.75) is 12.8 Å². The molecule has 0 saturated heterocycles. The van der Waals surface area contributed by atoms with Crippen LogP contribution >= 0.6 is 0 Å². The van der Waals surface area contributed by atoms with Crippen LogP contribution in [0.5, 0.6) is 0 Å². The van der Waals surface area contributed by atoms with Crippen LogP contribution in [-0.4, -0.2) is 45.2 Å². The third-order valence-corrected chi connectivity index (χ3v) is 1.80. The van der Waals surface area contributed by atoms with Crippen molar-refractivity contribution >= 4 is 12.1 Å². The predicted molar refractivity (Wildman–Crippen MR) is 68.7 cm³/mol. The van der Waals surface area contributed by atoms with Gasteiger partial charge in [-0.2, -0.15) is 0 Å². The molecule has 0 rings (SSSR count). The minimum atomic E-state index is -0.753. The van der Waals surface area contributed by atoms with E-state index in [-0.39, 0.29) is 38.8 Å². The second kappa shape index (κ2) is 12.6. The molecule has 0 heterocycles. The molecule has 0 aromatic rings. The highest BCUT2D eigenvalue weighted by atomic mass is 16.7. The molecule has 6 heteroatoms. The molecule has 19 heavy (non-hydrogen) atoms. The summed E-state index contributed by atoms with van der Waals surface area (Å²) in [4.78, 5) is 21.9. The molecule has 0 radical (unpaired) electrons. The van der Waals surface area contributed by atoms with Crippen molar-refractivity contribution in [2.24, 2.45) is 0 Å². The van der Waals surface area contributed by atoms with E-state index in [2.05, 4.69) is 22.6 Å². The molecule has 0 saturated carbocycles. The lowest BCUT2D eigenvalue weighted by Crippen LogP contribution is -2.13. The number of carbonyl (C=O) groups excluding carboxylic acids is 2. The Morgan fingerprint density at radius 1 is 0.895 bits per heavy atom. The minimum Gasteiger partial charge on any atom is -0.461 e. The van der Waals surface area contributed by atoms with Crippen LogP contribution in [0.1, 0.15) is 12.8 Å². The molecular formula is C13H20O6. The topological polar surface area (TPSA) is 71.1 Å². The van der Waals surface area contributed by atoms with Crippen molar-refractivity contribution in [2.75, 3.05) is 33.0 Å². The number of hydrogen-bond donors (Lipinski definition) is 0. The van der Waals surface area contributed by atoms with E-state index in [4.69, 9.17) is 9.47 Å². The molecule has 0 aromatic heterocycles. The van der Waals surface area contributed by atoms with Crippen LogP contribution in [0.3, 0.4) is 0 Å². The van der Waals surface area contributed by atoms with Crippen LogP contribution in [0.15, 0.2) is 25.3 Å². The lowest BCUT2D eigenvalue weighted by molar-refractivity contribution is -0.142. The van der Waals surface area contributed by atoms with Crippen LogP contribution in [0.25, 0.3) is 0 Å². The Balaban J connectivity index is 3.26. The number of hydrogen-bond acceptors (Lipinski definition) is 6. The Morgan fingerprint density at radius 3 is 2.26 bits per heavy atom.